The molecule has 2 aliphatic heterocycles. The predicted octanol–water partition coefficient (Wildman–Crippen LogP) is 6.92. The summed E-state index contributed by atoms with van der Waals surface area (Å²) >= 11 is 0. The second-order valence-electron chi connectivity index (χ2n) is 12.8. The highest BCUT2D eigenvalue weighted by atomic mass is 19.1. The number of amides is 4. The summed E-state index contributed by atoms with van der Waals surface area (Å²) in [6.07, 6.45) is 0.917. The first-order valence-corrected chi connectivity index (χ1v) is 15.9. The molecule has 4 aromatic carbocycles. The standard InChI is InChI=1S/C39H30F2N2O4/c1-2-21-39-32(23-11-7-4-8-12-23)28(22-9-5-3-6-10-22)29(30-33(39)37(46)42(35(30)44)26-17-13-24(40)14-18-26)31-34(39)38(47)43(36(31)45)27-19-15-25(41)16-20-27/h3-20,29-31,33-34H,2,21H2,1H3. The van der Waals surface area contributed by atoms with Gasteiger partial charge in [-0.25, -0.2) is 8.78 Å². The molecule has 47 heavy (non-hydrogen) atoms. The Morgan fingerprint density at radius 1 is 0.553 bits per heavy atom. The highest BCUT2D eigenvalue weighted by molar-refractivity contribution is 6.29. The molecule has 2 heterocycles. The molecule has 0 spiro atoms. The van der Waals surface area contributed by atoms with Gasteiger partial charge in [-0.3, -0.25) is 29.0 Å². The third-order valence-corrected chi connectivity index (χ3v) is 10.6. The fourth-order valence-corrected chi connectivity index (χ4v) is 9.22. The number of halogens is 2. The van der Waals surface area contributed by atoms with Gasteiger partial charge in [0.1, 0.15) is 11.6 Å². The van der Waals surface area contributed by atoms with E-state index in [1.54, 1.807) is 0 Å². The summed E-state index contributed by atoms with van der Waals surface area (Å²) in [5.41, 5.74) is 2.49. The van der Waals surface area contributed by atoms with Crippen LogP contribution >= 0.6 is 0 Å². The minimum absolute atomic E-state index is 0.250. The van der Waals surface area contributed by atoms with E-state index in [0.717, 1.165) is 32.1 Å². The molecule has 0 aromatic heterocycles. The summed E-state index contributed by atoms with van der Waals surface area (Å²) in [6, 6.07) is 29.7. The van der Waals surface area contributed by atoms with Crippen LogP contribution in [0, 0.1) is 46.6 Å². The van der Waals surface area contributed by atoms with Crippen LogP contribution in [0.1, 0.15) is 30.9 Å². The molecule has 2 bridgehead atoms. The Morgan fingerprint density at radius 2 is 0.979 bits per heavy atom. The number of hydrogen-bond donors (Lipinski definition) is 0. The first-order valence-electron chi connectivity index (χ1n) is 15.9. The molecule has 4 atom stereocenters. The Labute approximate surface area is 270 Å². The topological polar surface area (TPSA) is 74.8 Å². The van der Waals surface area contributed by atoms with E-state index in [2.05, 4.69) is 0 Å². The van der Waals surface area contributed by atoms with Gasteiger partial charge in [0.15, 0.2) is 0 Å². The van der Waals surface area contributed by atoms with Crippen molar-refractivity contribution in [1.82, 2.24) is 0 Å². The summed E-state index contributed by atoms with van der Waals surface area (Å²) in [6.45, 7) is 1.97. The molecule has 6 nitrogen and oxygen atoms in total. The highest BCUT2D eigenvalue weighted by Crippen LogP contribution is 2.73. The lowest BCUT2D eigenvalue weighted by atomic mass is 9.40. The maximum atomic E-state index is 14.8. The molecule has 1 saturated carbocycles. The maximum Gasteiger partial charge on any atom is 0.238 e. The lowest BCUT2D eigenvalue weighted by Crippen LogP contribution is -2.60. The molecule has 4 amide bonds. The van der Waals surface area contributed by atoms with Gasteiger partial charge in [0.25, 0.3) is 0 Å². The summed E-state index contributed by atoms with van der Waals surface area (Å²) < 4.78 is 28.0. The molecule has 0 N–H and O–H groups in total. The first-order chi connectivity index (χ1) is 22.8. The predicted molar refractivity (Wildman–Crippen MR) is 172 cm³/mol. The van der Waals surface area contributed by atoms with Gasteiger partial charge in [-0.1, -0.05) is 74.0 Å². The summed E-state index contributed by atoms with van der Waals surface area (Å²) in [7, 11) is 0. The zero-order valence-electron chi connectivity index (χ0n) is 25.5. The van der Waals surface area contributed by atoms with Crippen LogP contribution in [0.5, 0.6) is 0 Å². The average Bonchev–Trinajstić information content (AvgIpc) is 3.52. The first kappa shape index (κ1) is 29.2. The van der Waals surface area contributed by atoms with Crippen LogP contribution in [0.15, 0.2) is 109 Å². The minimum atomic E-state index is -1.24. The number of nitrogens with zero attached hydrogens (tertiary/aromatic N) is 2. The molecule has 4 aromatic rings. The number of carbonyl (C=O) groups excluding carboxylic acids is 4. The van der Waals surface area contributed by atoms with Gasteiger partial charge in [0.05, 0.1) is 35.0 Å². The van der Waals surface area contributed by atoms with Crippen molar-refractivity contribution in [1.29, 1.82) is 0 Å². The van der Waals surface area contributed by atoms with E-state index < -0.39 is 70.3 Å². The molecule has 234 valence electrons. The monoisotopic (exact) mass is 628 g/mol. The Bertz CT molecular complexity index is 1890. The van der Waals surface area contributed by atoms with Gasteiger partial charge in [-0.05, 0) is 77.2 Å². The zero-order valence-corrected chi connectivity index (χ0v) is 25.5. The van der Waals surface area contributed by atoms with Gasteiger partial charge < -0.3 is 0 Å². The van der Waals surface area contributed by atoms with E-state index in [0.29, 0.717) is 12.8 Å². The van der Waals surface area contributed by atoms with Gasteiger partial charge >= 0.3 is 0 Å². The van der Waals surface area contributed by atoms with Crippen molar-refractivity contribution < 1.29 is 28.0 Å². The van der Waals surface area contributed by atoms with Crippen LogP contribution in [0.2, 0.25) is 0 Å². The lowest BCUT2D eigenvalue weighted by Gasteiger charge is -2.59. The summed E-state index contributed by atoms with van der Waals surface area (Å²) in [5, 5.41) is 0. The lowest BCUT2D eigenvalue weighted by molar-refractivity contribution is -0.145. The highest BCUT2D eigenvalue weighted by Gasteiger charge is 2.77. The number of allylic oxidation sites excluding steroid dienone is 2. The molecule has 3 aliphatic carbocycles. The number of imide groups is 2. The number of rotatable bonds is 6. The molecule has 9 rings (SSSR count). The summed E-state index contributed by atoms with van der Waals surface area (Å²) in [4.78, 5) is 61.3. The van der Waals surface area contributed by atoms with Crippen LogP contribution < -0.4 is 9.80 Å². The number of hydrogen-bond acceptors (Lipinski definition) is 4. The van der Waals surface area contributed by atoms with E-state index in [9.17, 15) is 28.0 Å². The van der Waals surface area contributed by atoms with Gasteiger partial charge in [-0.2, -0.15) is 0 Å². The zero-order chi connectivity index (χ0) is 32.6. The molecule has 5 aliphatic rings. The molecule has 4 unspecified atom stereocenters. The Morgan fingerprint density at radius 3 is 1.40 bits per heavy atom. The second kappa shape index (κ2) is 10.7. The molecule has 0 radical (unpaired) electrons. The summed E-state index contributed by atoms with van der Waals surface area (Å²) in [5.74, 6) is -7.41. The quantitative estimate of drug-likeness (QED) is 0.218. The van der Waals surface area contributed by atoms with Gasteiger partial charge in [0, 0.05) is 11.3 Å². The van der Waals surface area contributed by atoms with Crippen molar-refractivity contribution >= 4 is 46.1 Å². The average molecular weight is 629 g/mol. The third kappa shape index (κ3) is 3.93. The minimum Gasteiger partial charge on any atom is -0.274 e. The molecule has 3 fully saturated rings. The van der Waals surface area contributed by atoms with Gasteiger partial charge in [0.2, 0.25) is 23.6 Å². The van der Waals surface area contributed by atoms with Crippen LogP contribution in [0.3, 0.4) is 0 Å². The third-order valence-electron chi connectivity index (χ3n) is 10.6. The van der Waals surface area contributed by atoms with Crippen LogP contribution in [0.4, 0.5) is 20.2 Å². The van der Waals surface area contributed by atoms with E-state index in [-0.39, 0.29) is 11.4 Å². The van der Waals surface area contributed by atoms with Crippen LogP contribution in [0.25, 0.3) is 11.1 Å². The Balaban J connectivity index is 1.44. The van der Waals surface area contributed by atoms with Crippen molar-refractivity contribution in [2.24, 2.45) is 35.0 Å². The normalized spacial score (nSPS) is 27.9. The molecule has 2 saturated heterocycles. The SMILES string of the molecule is CCCC12C(c3ccccc3)=C(c3ccccc3)C(C3C(=O)N(c4ccc(F)cc4)C(=O)C31)C1C(=O)N(c3ccc(F)cc3)C(=O)C12. The van der Waals surface area contributed by atoms with Crippen LogP contribution in [-0.2, 0) is 19.2 Å². The smallest absolute Gasteiger partial charge is 0.238 e. The maximum absolute atomic E-state index is 14.8. The van der Waals surface area contributed by atoms with Crippen molar-refractivity contribution in [2.75, 3.05) is 9.80 Å². The fourth-order valence-electron chi connectivity index (χ4n) is 9.22. The molecule has 8 heteroatoms. The van der Waals surface area contributed by atoms with Crippen LogP contribution in [-0.4, -0.2) is 23.6 Å². The van der Waals surface area contributed by atoms with Crippen molar-refractivity contribution in [3.63, 3.8) is 0 Å². The van der Waals surface area contributed by atoms with Crippen molar-refractivity contribution in [3.8, 4) is 0 Å². The molecular weight excluding hydrogens is 598 g/mol. The second-order valence-corrected chi connectivity index (χ2v) is 12.8. The van der Waals surface area contributed by atoms with E-state index in [1.807, 2.05) is 67.6 Å². The number of carbonyl (C=O) groups is 4. The van der Waals surface area contributed by atoms with Crippen molar-refractivity contribution in [3.05, 3.63) is 132 Å². The largest absolute Gasteiger partial charge is 0.274 e. The Kier molecular flexibility index (Phi) is 6.62. The van der Waals surface area contributed by atoms with Gasteiger partial charge in [-0.15, -0.1) is 0 Å². The van der Waals surface area contributed by atoms with Crippen molar-refractivity contribution in [2.45, 2.75) is 19.8 Å². The Hall–Kier alpha value is -5.24. The fraction of sp³-hybridized carbons (Fsp3) is 0.231. The van der Waals surface area contributed by atoms with E-state index >= 15 is 0 Å². The van der Waals surface area contributed by atoms with E-state index in [4.69, 9.17) is 0 Å². The number of anilines is 2. The molecular formula is C39H30F2N2O4. The number of benzene rings is 4. The van der Waals surface area contributed by atoms with E-state index in [1.165, 1.54) is 48.5 Å².